The number of nitrogens with zero attached hydrogens (tertiary/aromatic N) is 2. The van der Waals surface area contributed by atoms with Gasteiger partial charge in [-0.15, -0.1) is 0 Å². The summed E-state index contributed by atoms with van der Waals surface area (Å²) in [4.78, 5) is 41.4. The van der Waals surface area contributed by atoms with Crippen LogP contribution in [0.15, 0.2) is 48.5 Å². The average molecular weight is 423 g/mol. The molecule has 162 valence electrons. The van der Waals surface area contributed by atoms with E-state index in [-0.39, 0.29) is 36.0 Å². The van der Waals surface area contributed by atoms with Crippen molar-refractivity contribution in [2.24, 2.45) is 11.8 Å². The molecule has 0 unspecified atom stereocenters. The minimum atomic E-state index is -0.399. The molecule has 6 nitrogen and oxygen atoms in total. The number of carbonyl (C=O) groups excluding carboxylic acids is 3. The van der Waals surface area contributed by atoms with Crippen molar-refractivity contribution in [2.45, 2.75) is 26.2 Å². The normalized spacial score (nSPS) is 19.5. The van der Waals surface area contributed by atoms with Gasteiger partial charge in [-0.2, -0.15) is 0 Å². The second-order valence-corrected chi connectivity index (χ2v) is 8.34. The number of hydrogen-bond acceptors (Lipinski definition) is 3. The van der Waals surface area contributed by atoms with Gasteiger partial charge in [0, 0.05) is 43.3 Å². The fourth-order valence-corrected chi connectivity index (χ4v) is 4.28. The van der Waals surface area contributed by atoms with Crippen molar-refractivity contribution in [2.75, 3.05) is 29.9 Å². The summed E-state index contributed by atoms with van der Waals surface area (Å²) in [6.45, 7) is 3.34. The Labute approximate surface area is 181 Å². The number of halogens is 1. The molecule has 1 atom stereocenters. The van der Waals surface area contributed by atoms with Gasteiger partial charge in [0.05, 0.1) is 5.92 Å². The number of carbonyl (C=O) groups is 3. The molecule has 2 aliphatic rings. The summed E-state index contributed by atoms with van der Waals surface area (Å²) in [6.07, 6.45) is 1.32. The van der Waals surface area contributed by atoms with Crippen LogP contribution in [-0.2, 0) is 14.4 Å². The second-order valence-electron chi connectivity index (χ2n) is 8.34. The fraction of sp³-hybridized carbons (Fsp3) is 0.375. The van der Waals surface area contributed by atoms with E-state index in [0.717, 1.165) is 11.3 Å². The van der Waals surface area contributed by atoms with E-state index >= 15 is 0 Å². The number of amides is 3. The van der Waals surface area contributed by atoms with Crippen molar-refractivity contribution < 1.29 is 18.8 Å². The van der Waals surface area contributed by atoms with Crippen LogP contribution in [0.3, 0.4) is 0 Å². The first-order valence-corrected chi connectivity index (χ1v) is 10.6. The predicted octanol–water partition coefficient (Wildman–Crippen LogP) is 3.36. The second kappa shape index (κ2) is 8.88. The summed E-state index contributed by atoms with van der Waals surface area (Å²) in [5.74, 6) is -1.19. The van der Waals surface area contributed by atoms with Gasteiger partial charge in [-0.05, 0) is 50.1 Å². The summed E-state index contributed by atoms with van der Waals surface area (Å²) in [5, 5.41) is 2.75. The molecular formula is C24H26FN3O3. The largest absolute Gasteiger partial charge is 0.342 e. The molecule has 2 heterocycles. The first-order valence-electron chi connectivity index (χ1n) is 10.6. The molecule has 0 saturated carbocycles. The first-order chi connectivity index (χ1) is 14.9. The van der Waals surface area contributed by atoms with Crippen molar-refractivity contribution in [1.29, 1.82) is 0 Å². The molecule has 0 bridgehead atoms. The zero-order valence-electron chi connectivity index (χ0n) is 17.5. The zero-order chi connectivity index (χ0) is 22.0. The maximum absolute atomic E-state index is 13.3. The Morgan fingerprint density at radius 3 is 2.42 bits per heavy atom. The summed E-state index contributed by atoms with van der Waals surface area (Å²) < 4.78 is 13.3. The van der Waals surface area contributed by atoms with Gasteiger partial charge < -0.3 is 15.1 Å². The highest BCUT2D eigenvalue weighted by molar-refractivity contribution is 6.00. The topological polar surface area (TPSA) is 69.7 Å². The van der Waals surface area contributed by atoms with Crippen LogP contribution in [0.4, 0.5) is 15.8 Å². The summed E-state index contributed by atoms with van der Waals surface area (Å²) in [5.41, 5.74) is 2.37. The summed E-state index contributed by atoms with van der Waals surface area (Å²) in [6, 6.07) is 13.5. The first kappa shape index (κ1) is 21.0. The Bertz CT molecular complexity index is 984. The lowest BCUT2D eigenvalue weighted by Gasteiger charge is -2.33. The molecule has 0 radical (unpaired) electrons. The Kier molecular flexibility index (Phi) is 6.02. The van der Waals surface area contributed by atoms with Crippen LogP contribution in [0, 0.1) is 24.6 Å². The molecule has 4 rings (SSSR count). The van der Waals surface area contributed by atoms with Gasteiger partial charge in [0.1, 0.15) is 5.82 Å². The van der Waals surface area contributed by atoms with Crippen LogP contribution >= 0.6 is 0 Å². The van der Waals surface area contributed by atoms with Crippen LogP contribution in [-0.4, -0.2) is 42.3 Å². The molecule has 0 aromatic heterocycles. The number of benzene rings is 2. The van der Waals surface area contributed by atoms with E-state index in [0.29, 0.717) is 38.2 Å². The van der Waals surface area contributed by atoms with Crippen LogP contribution in [0.1, 0.15) is 24.8 Å². The third-order valence-electron chi connectivity index (χ3n) is 6.09. The quantitative estimate of drug-likeness (QED) is 0.820. The Hall–Kier alpha value is -3.22. The maximum Gasteiger partial charge on any atom is 0.228 e. The van der Waals surface area contributed by atoms with Crippen LogP contribution in [0.25, 0.3) is 0 Å². The van der Waals surface area contributed by atoms with E-state index < -0.39 is 5.82 Å². The molecule has 2 aromatic rings. The van der Waals surface area contributed by atoms with Gasteiger partial charge in [-0.25, -0.2) is 4.39 Å². The highest BCUT2D eigenvalue weighted by Gasteiger charge is 2.38. The van der Waals surface area contributed by atoms with Gasteiger partial charge in [0.2, 0.25) is 17.7 Å². The smallest absolute Gasteiger partial charge is 0.228 e. The van der Waals surface area contributed by atoms with Crippen molar-refractivity contribution in [3.05, 3.63) is 59.9 Å². The number of rotatable bonds is 4. The average Bonchev–Trinajstić information content (AvgIpc) is 3.15. The lowest BCUT2D eigenvalue weighted by molar-refractivity contribution is -0.138. The number of likely N-dealkylation sites (tertiary alicyclic amines) is 1. The number of nitrogens with one attached hydrogen (secondary N) is 1. The molecule has 2 saturated heterocycles. The van der Waals surface area contributed by atoms with Gasteiger partial charge in [0.25, 0.3) is 0 Å². The van der Waals surface area contributed by atoms with Crippen LogP contribution in [0.2, 0.25) is 0 Å². The molecule has 2 fully saturated rings. The number of piperidine rings is 1. The molecule has 2 aliphatic heterocycles. The van der Waals surface area contributed by atoms with E-state index in [9.17, 15) is 18.8 Å². The van der Waals surface area contributed by atoms with Crippen LogP contribution < -0.4 is 10.2 Å². The molecule has 0 spiro atoms. The molecule has 0 aliphatic carbocycles. The highest BCUT2D eigenvalue weighted by atomic mass is 19.1. The van der Waals surface area contributed by atoms with Crippen molar-refractivity contribution >= 4 is 29.1 Å². The number of anilines is 2. The van der Waals surface area contributed by atoms with Gasteiger partial charge in [-0.1, -0.05) is 23.8 Å². The van der Waals surface area contributed by atoms with E-state index in [2.05, 4.69) is 5.32 Å². The minimum absolute atomic E-state index is 0.0213. The van der Waals surface area contributed by atoms with E-state index in [1.807, 2.05) is 31.2 Å². The minimum Gasteiger partial charge on any atom is -0.342 e. The predicted molar refractivity (Wildman–Crippen MR) is 116 cm³/mol. The molecule has 31 heavy (non-hydrogen) atoms. The lowest BCUT2D eigenvalue weighted by Crippen LogP contribution is -2.44. The monoisotopic (exact) mass is 423 g/mol. The third-order valence-corrected chi connectivity index (χ3v) is 6.09. The molecular weight excluding hydrogens is 397 g/mol. The standard InChI is InChI=1S/C24H26FN3O3/c1-16-5-7-21(8-6-16)28-15-18(13-22(28)29)24(31)27-11-9-17(10-12-27)23(30)26-20-4-2-3-19(25)14-20/h2-8,14,17-18H,9-13,15H2,1H3,(H,26,30)/t18-/m1/s1. The van der Waals surface area contributed by atoms with Crippen molar-refractivity contribution in [3.8, 4) is 0 Å². The third kappa shape index (κ3) is 4.76. The van der Waals surface area contributed by atoms with Crippen LogP contribution in [0.5, 0.6) is 0 Å². The van der Waals surface area contributed by atoms with Gasteiger partial charge in [-0.3, -0.25) is 14.4 Å². The molecule has 7 heteroatoms. The van der Waals surface area contributed by atoms with E-state index in [4.69, 9.17) is 0 Å². The highest BCUT2D eigenvalue weighted by Crippen LogP contribution is 2.28. The molecule has 3 amide bonds. The number of aryl methyl sites for hydroxylation is 1. The SMILES string of the molecule is Cc1ccc(N2C[C@H](C(=O)N3CCC(C(=O)Nc4cccc(F)c4)CC3)CC2=O)cc1. The molecule has 1 N–H and O–H groups in total. The van der Waals surface area contributed by atoms with E-state index in [1.54, 1.807) is 21.9 Å². The molecule has 2 aromatic carbocycles. The Balaban J connectivity index is 1.30. The Morgan fingerprint density at radius 2 is 1.74 bits per heavy atom. The van der Waals surface area contributed by atoms with Gasteiger partial charge in [0.15, 0.2) is 0 Å². The Morgan fingerprint density at radius 1 is 1.03 bits per heavy atom. The zero-order valence-corrected chi connectivity index (χ0v) is 17.5. The summed E-state index contributed by atoms with van der Waals surface area (Å²) >= 11 is 0. The van der Waals surface area contributed by atoms with Crippen molar-refractivity contribution in [3.63, 3.8) is 0 Å². The maximum atomic E-state index is 13.3. The van der Waals surface area contributed by atoms with Crippen molar-refractivity contribution in [1.82, 2.24) is 4.90 Å². The number of hydrogen-bond donors (Lipinski definition) is 1. The summed E-state index contributed by atoms with van der Waals surface area (Å²) in [7, 11) is 0. The van der Waals surface area contributed by atoms with E-state index in [1.165, 1.54) is 12.1 Å². The fourth-order valence-electron chi connectivity index (χ4n) is 4.28. The van der Waals surface area contributed by atoms with Gasteiger partial charge >= 0.3 is 0 Å². The lowest BCUT2D eigenvalue weighted by atomic mass is 9.94.